The highest BCUT2D eigenvalue weighted by Crippen LogP contribution is 2.29. The standard InChI is InChI=1S/C10H8BrF2NO2/c11-6-2-8(13)9(3-7(6)12)14-4-5(15)1-10(14)16/h2-3,5,15H,1,4H2. The lowest BCUT2D eigenvalue weighted by molar-refractivity contribution is -0.117. The van der Waals surface area contributed by atoms with Crippen LogP contribution in [0.1, 0.15) is 6.42 Å². The molecule has 1 aromatic carbocycles. The van der Waals surface area contributed by atoms with Crippen molar-refractivity contribution in [1.29, 1.82) is 0 Å². The SMILES string of the molecule is O=C1CC(O)CN1c1cc(F)c(Br)cc1F. The second kappa shape index (κ2) is 4.10. The molecule has 1 aromatic rings. The maximum Gasteiger partial charge on any atom is 0.229 e. The minimum Gasteiger partial charge on any atom is -0.391 e. The third-order valence-electron chi connectivity index (χ3n) is 2.39. The Labute approximate surface area is 98.8 Å². The number of carbonyl (C=O) groups excluding carboxylic acids is 1. The number of nitrogens with zero attached hydrogens (tertiary/aromatic N) is 1. The van der Waals surface area contributed by atoms with Gasteiger partial charge >= 0.3 is 0 Å². The van der Waals surface area contributed by atoms with E-state index < -0.39 is 23.6 Å². The topological polar surface area (TPSA) is 40.5 Å². The van der Waals surface area contributed by atoms with Gasteiger partial charge < -0.3 is 10.0 Å². The summed E-state index contributed by atoms with van der Waals surface area (Å²) in [5.41, 5.74) is -0.137. The minimum atomic E-state index is -0.821. The van der Waals surface area contributed by atoms with Gasteiger partial charge in [-0.05, 0) is 22.0 Å². The third kappa shape index (κ3) is 1.94. The molecule has 86 valence electrons. The molecule has 16 heavy (non-hydrogen) atoms. The van der Waals surface area contributed by atoms with Crippen molar-refractivity contribution in [3.8, 4) is 0 Å². The van der Waals surface area contributed by atoms with Crippen molar-refractivity contribution in [3.63, 3.8) is 0 Å². The molecule has 1 fully saturated rings. The van der Waals surface area contributed by atoms with E-state index in [1.165, 1.54) is 0 Å². The Morgan fingerprint density at radius 2 is 2.06 bits per heavy atom. The van der Waals surface area contributed by atoms with Gasteiger partial charge in [-0.2, -0.15) is 0 Å². The smallest absolute Gasteiger partial charge is 0.229 e. The van der Waals surface area contributed by atoms with E-state index in [2.05, 4.69) is 15.9 Å². The van der Waals surface area contributed by atoms with Crippen LogP contribution < -0.4 is 4.90 Å². The van der Waals surface area contributed by atoms with Crippen molar-refractivity contribution in [2.24, 2.45) is 0 Å². The Bertz CT molecular complexity index is 453. The Kier molecular flexibility index (Phi) is 2.94. The number of anilines is 1. The number of benzene rings is 1. The first-order chi connectivity index (χ1) is 7.49. The van der Waals surface area contributed by atoms with Crippen molar-refractivity contribution in [1.82, 2.24) is 0 Å². The Morgan fingerprint density at radius 1 is 1.38 bits per heavy atom. The second-order valence-electron chi connectivity index (χ2n) is 3.58. The molecule has 1 N–H and O–H groups in total. The number of amides is 1. The zero-order chi connectivity index (χ0) is 11.9. The Balaban J connectivity index is 2.41. The summed E-state index contributed by atoms with van der Waals surface area (Å²) in [5.74, 6) is -1.76. The van der Waals surface area contributed by atoms with Crippen molar-refractivity contribution in [2.75, 3.05) is 11.4 Å². The number of halogens is 3. The molecule has 1 saturated heterocycles. The first-order valence-electron chi connectivity index (χ1n) is 4.62. The summed E-state index contributed by atoms with van der Waals surface area (Å²) in [6.07, 6.45) is -0.879. The molecule has 0 bridgehead atoms. The molecule has 0 spiro atoms. The lowest BCUT2D eigenvalue weighted by Gasteiger charge is -2.17. The molecule has 0 aromatic heterocycles. The number of hydrogen-bond acceptors (Lipinski definition) is 2. The van der Waals surface area contributed by atoms with Crippen LogP contribution in [-0.2, 0) is 4.79 Å². The van der Waals surface area contributed by atoms with Gasteiger partial charge in [-0.3, -0.25) is 4.79 Å². The van der Waals surface area contributed by atoms with Gasteiger partial charge in [0.1, 0.15) is 11.6 Å². The van der Waals surface area contributed by atoms with Crippen LogP contribution in [0.15, 0.2) is 16.6 Å². The molecule has 0 saturated carbocycles. The summed E-state index contributed by atoms with van der Waals surface area (Å²) in [4.78, 5) is 12.4. The van der Waals surface area contributed by atoms with E-state index in [1.807, 2.05) is 0 Å². The van der Waals surface area contributed by atoms with Crippen molar-refractivity contribution in [3.05, 3.63) is 28.2 Å². The minimum absolute atomic E-state index is 0.000874. The molecule has 1 amide bonds. The monoisotopic (exact) mass is 291 g/mol. The number of β-amino-alcohol motifs (C(OH)–C–C–N with tert-alkyl or cyclic N) is 1. The van der Waals surface area contributed by atoms with E-state index in [-0.39, 0.29) is 23.1 Å². The van der Waals surface area contributed by atoms with Crippen molar-refractivity contribution >= 4 is 27.5 Å². The predicted octanol–water partition coefficient (Wildman–Crippen LogP) is 1.82. The van der Waals surface area contributed by atoms with Crippen LogP contribution in [-0.4, -0.2) is 23.7 Å². The van der Waals surface area contributed by atoms with Crippen LogP contribution in [0.2, 0.25) is 0 Å². The molecule has 0 aliphatic carbocycles. The Morgan fingerprint density at radius 3 is 2.62 bits per heavy atom. The van der Waals surface area contributed by atoms with E-state index >= 15 is 0 Å². The highest BCUT2D eigenvalue weighted by molar-refractivity contribution is 9.10. The van der Waals surface area contributed by atoms with Crippen molar-refractivity contribution in [2.45, 2.75) is 12.5 Å². The lowest BCUT2D eigenvalue weighted by Crippen LogP contribution is -2.26. The van der Waals surface area contributed by atoms with E-state index in [0.29, 0.717) is 0 Å². The summed E-state index contributed by atoms with van der Waals surface area (Å²) >= 11 is 2.85. The van der Waals surface area contributed by atoms with Crippen molar-refractivity contribution < 1.29 is 18.7 Å². The van der Waals surface area contributed by atoms with Crippen LogP contribution in [0.4, 0.5) is 14.5 Å². The van der Waals surface area contributed by atoms with E-state index in [0.717, 1.165) is 17.0 Å². The highest BCUT2D eigenvalue weighted by atomic mass is 79.9. The zero-order valence-electron chi connectivity index (χ0n) is 8.08. The number of carbonyl (C=O) groups is 1. The highest BCUT2D eigenvalue weighted by Gasteiger charge is 2.31. The summed E-state index contributed by atoms with van der Waals surface area (Å²) < 4.78 is 26.7. The molecule has 3 nitrogen and oxygen atoms in total. The molecular weight excluding hydrogens is 284 g/mol. The molecular formula is C10H8BrF2NO2. The van der Waals surface area contributed by atoms with Crippen LogP contribution in [0.25, 0.3) is 0 Å². The van der Waals surface area contributed by atoms with Gasteiger partial charge in [-0.1, -0.05) is 0 Å². The first kappa shape index (κ1) is 11.5. The molecule has 6 heteroatoms. The summed E-state index contributed by atoms with van der Waals surface area (Å²) in [7, 11) is 0. The van der Waals surface area contributed by atoms with Crippen LogP contribution in [0.3, 0.4) is 0 Å². The summed E-state index contributed by atoms with van der Waals surface area (Å²) in [5, 5.41) is 9.26. The maximum atomic E-state index is 13.5. The van der Waals surface area contributed by atoms with Gasteiger partial charge in [-0.25, -0.2) is 8.78 Å². The quantitative estimate of drug-likeness (QED) is 0.802. The predicted molar refractivity (Wildman–Crippen MR) is 57.0 cm³/mol. The lowest BCUT2D eigenvalue weighted by atomic mass is 10.2. The van der Waals surface area contributed by atoms with Crippen LogP contribution in [0.5, 0.6) is 0 Å². The van der Waals surface area contributed by atoms with E-state index in [1.54, 1.807) is 0 Å². The van der Waals surface area contributed by atoms with E-state index in [4.69, 9.17) is 0 Å². The zero-order valence-corrected chi connectivity index (χ0v) is 9.67. The summed E-state index contributed by atoms with van der Waals surface area (Å²) in [6.45, 7) is -0.00315. The van der Waals surface area contributed by atoms with Gasteiger partial charge in [0.15, 0.2) is 0 Å². The second-order valence-corrected chi connectivity index (χ2v) is 4.43. The molecule has 1 heterocycles. The van der Waals surface area contributed by atoms with Crippen LogP contribution >= 0.6 is 15.9 Å². The van der Waals surface area contributed by atoms with Gasteiger partial charge in [0.25, 0.3) is 0 Å². The van der Waals surface area contributed by atoms with E-state index in [9.17, 15) is 18.7 Å². The first-order valence-corrected chi connectivity index (χ1v) is 5.41. The molecule has 1 atom stereocenters. The molecule has 1 aliphatic heterocycles. The van der Waals surface area contributed by atoms with Gasteiger partial charge in [0, 0.05) is 6.07 Å². The largest absolute Gasteiger partial charge is 0.391 e. The third-order valence-corrected chi connectivity index (χ3v) is 2.99. The fraction of sp³-hybridized carbons (Fsp3) is 0.300. The molecule has 1 aliphatic rings. The molecule has 0 radical (unpaired) electrons. The number of hydrogen-bond donors (Lipinski definition) is 1. The fourth-order valence-corrected chi connectivity index (χ4v) is 1.96. The average Bonchev–Trinajstić information content (AvgIpc) is 2.51. The molecule has 2 rings (SSSR count). The van der Waals surface area contributed by atoms with Gasteiger partial charge in [0.2, 0.25) is 5.91 Å². The van der Waals surface area contributed by atoms with Gasteiger partial charge in [-0.15, -0.1) is 0 Å². The van der Waals surface area contributed by atoms with Gasteiger partial charge in [0.05, 0.1) is 29.2 Å². The molecule has 1 unspecified atom stereocenters. The summed E-state index contributed by atoms with van der Waals surface area (Å²) in [6, 6.07) is 1.90. The number of rotatable bonds is 1. The van der Waals surface area contributed by atoms with Crippen LogP contribution in [0, 0.1) is 11.6 Å². The average molecular weight is 292 g/mol. The number of aliphatic hydroxyl groups excluding tert-OH is 1. The maximum absolute atomic E-state index is 13.5. The number of aliphatic hydroxyl groups is 1. The fourth-order valence-electron chi connectivity index (χ4n) is 1.64. The Hall–Kier alpha value is -1.01. The normalized spacial score (nSPS) is 20.6.